The van der Waals surface area contributed by atoms with Gasteiger partial charge in [0.05, 0.1) is 11.9 Å². The van der Waals surface area contributed by atoms with Crippen molar-refractivity contribution in [3.05, 3.63) is 59.9 Å². The summed E-state index contributed by atoms with van der Waals surface area (Å²) >= 11 is 0. The summed E-state index contributed by atoms with van der Waals surface area (Å²) in [5, 5.41) is 2.73. The van der Waals surface area contributed by atoms with Gasteiger partial charge in [0.25, 0.3) is 0 Å². The molecule has 0 unspecified atom stereocenters. The van der Waals surface area contributed by atoms with E-state index in [0.29, 0.717) is 17.8 Å². The van der Waals surface area contributed by atoms with Crippen molar-refractivity contribution in [1.82, 2.24) is 10.3 Å². The lowest BCUT2D eigenvalue weighted by atomic mass is 10.1. The van der Waals surface area contributed by atoms with Gasteiger partial charge in [0.2, 0.25) is 15.9 Å². The molecule has 0 bridgehead atoms. The molecule has 0 saturated heterocycles. The van der Waals surface area contributed by atoms with Crippen LogP contribution in [0.1, 0.15) is 29.3 Å². The number of carbonyl (C=O) groups is 2. The number of benzene rings is 1. The quantitative estimate of drug-likeness (QED) is 0.709. The fourth-order valence-electron chi connectivity index (χ4n) is 2.36. The molecular weight excluding hydrogens is 354 g/mol. The summed E-state index contributed by atoms with van der Waals surface area (Å²) in [7, 11) is -3.59. The Morgan fingerprint density at radius 1 is 1.19 bits per heavy atom. The molecule has 8 heteroatoms. The molecule has 7 nitrogen and oxygen atoms in total. The van der Waals surface area contributed by atoms with Crippen LogP contribution in [0.3, 0.4) is 0 Å². The lowest BCUT2D eigenvalue weighted by Gasteiger charge is -2.22. The maximum atomic E-state index is 12.1. The number of Topliss-reactive ketones (excluding diaryl/α,β-unsaturated/α-hetero) is 1. The summed E-state index contributed by atoms with van der Waals surface area (Å²) < 4.78 is 25.3. The SMILES string of the molecule is CC(=O)c1cccc(N(CCC(=O)NCc2cccnc2)S(C)(=O)=O)c1. The van der Waals surface area contributed by atoms with Gasteiger partial charge in [-0.2, -0.15) is 0 Å². The Kier molecular flexibility index (Phi) is 6.46. The monoisotopic (exact) mass is 375 g/mol. The topological polar surface area (TPSA) is 96.4 Å². The minimum absolute atomic E-state index is 0.00235. The van der Waals surface area contributed by atoms with Crippen LogP contribution in [0.15, 0.2) is 48.8 Å². The second kappa shape index (κ2) is 8.57. The van der Waals surface area contributed by atoms with E-state index < -0.39 is 10.0 Å². The number of rotatable bonds is 8. The first kappa shape index (κ1) is 19.6. The highest BCUT2D eigenvalue weighted by Crippen LogP contribution is 2.20. The molecule has 1 N–H and O–H groups in total. The molecule has 1 aromatic heterocycles. The smallest absolute Gasteiger partial charge is 0.232 e. The largest absolute Gasteiger partial charge is 0.352 e. The summed E-state index contributed by atoms with van der Waals surface area (Å²) in [6.07, 6.45) is 4.36. The van der Waals surface area contributed by atoms with Crippen molar-refractivity contribution in [2.75, 3.05) is 17.1 Å². The Balaban J connectivity index is 2.03. The molecule has 0 fully saturated rings. The van der Waals surface area contributed by atoms with Gasteiger partial charge in [-0.1, -0.05) is 18.2 Å². The average molecular weight is 375 g/mol. The van der Waals surface area contributed by atoms with Gasteiger partial charge in [-0.3, -0.25) is 18.9 Å². The number of amides is 1. The molecule has 0 aliphatic heterocycles. The Hall–Kier alpha value is -2.74. The van der Waals surface area contributed by atoms with E-state index in [1.807, 2.05) is 6.07 Å². The number of anilines is 1. The number of ketones is 1. The summed E-state index contributed by atoms with van der Waals surface area (Å²) in [5.74, 6) is -0.431. The van der Waals surface area contributed by atoms with E-state index in [1.165, 1.54) is 13.0 Å². The van der Waals surface area contributed by atoms with Gasteiger partial charge in [-0.15, -0.1) is 0 Å². The molecule has 26 heavy (non-hydrogen) atoms. The van der Waals surface area contributed by atoms with Crippen molar-refractivity contribution in [2.24, 2.45) is 0 Å². The van der Waals surface area contributed by atoms with E-state index in [4.69, 9.17) is 0 Å². The van der Waals surface area contributed by atoms with Gasteiger partial charge in [-0.05, 0) is 30.7 Å². The third-order valence-corrected chi connectivity index (χ3v) is 4.89. The van der Waals surface area contributed by atoms with Crippen LogP contribution >= 0.6 is 0 Å². The molecule has 2 aromatic rings. The number of hydrogen-bond donors (Lipinski definition) is 1. The normalized spacial score (nSPS) is 11.0. The Labute approximate surface area is 153 Å². The van der Waals surface area contributed by atoms with Crippen molar-refractivity contribution < 1.29 is 18.0 Å². The zero-order valence-corrected chi connectivity index (χ0v) is 15.5. The number of nitrogens with one attached hydrogen (secondary N) is 1. The predicted molar refractivity (Wildman–Crippen MR) is 99.3 cm³/mol. The minimum Gasteiger partial charge on any atom is -0.352 e. The van der Waals surface area contributed by atoms with E-state index in [0.717, 1.165) is 16.1 Å². The lowest BCUT2D eigenvalue weighted by Crippen LogP contribution is -2.34. The van der Waals surface area contributed by atoms with Crippen LogP contribution in [0.4, 0.5) is 5.69 Å². The first-order valence-electron chi connectivity index (χ1n) is 8.01. The highest BCUT2D eigenvalue weighted by molar-refractivity contribution is 7.92. The number of aromatic nitrogens is 1. The van der Waals surface area contributed by atoms with Crippen LogP contribution in [0, 0.1) is 0 Å². The Bertz CT molecular complexity index is 882. The maximum Gasteiger partial charge on any atom is 0.232 e. The van der Waals surface area contributed by atoms with Crippen LogP contribution in [0.25, 0.3) is 0 Å². The summed E-state index contributed by atoms with van der Waals surface area (Å²) in [6, 6.07) is 9.95. The fraction of sp³-hybridized carbons (Fsp3) is 0.278. The van der Waals surface area contributed by atoms with E-state index in [1.54, 1.807) is 36.7 Å². The predicted octanol–water partition coefficient (Wildman–Crippen LogP) is 1.76. The summed E-state index contributed by atoms with van der Waals surface area (Å²) in [5.41, 5.74) is 1.63. The third kappa shape index (κ3) is 5.66. The molecule has 0 aliphatic carbocycles. The molecule has 0 saturated carbocycles. The molecule has 0 aliphatic rings. The fourth-order valence-corrected chi connectivity index (χ4v) is 3.28. The minimum atomic E-state index is -3.59. The molecule has 0 spiro atoms. The van der Waals surface area contributed by atoms with Gasteiger partial charge in [0.15, 0.2) is 5.78 Å². The molecule has 1 amide bonds. The van der Waals surface area contributed by atoms with Gasteiger partial charge in [0, 0.05) is 37.5 Å². The number of pyridine rings is 1. The number of hydrogen-bond acceptors (Lipinski definition) is 5. The number of carbonyl (C=O) groups excluding carboxylic acids is 2. The Morgan fingerprint density at radius 2 is 1.96 bits per heavy atom. The molecule has 0 radical (unpaired) electrons. The van der Waals surface area contributed by atoms with Crippen molar-refractivity contribution in [1.29, 1.82) is 0 Å². The summed E-state index contributed by atoms with van der Waals surface area (Å²) in [6.45, 7) is 1.72. The zero-order chi connectivity index (χ0) is 19.2. The van der Waals surface area contributed by atoms with Gasteiger partial charge >= 0.3 is 0 Å². The Morgan fingerprint density at radius 3 is 2.58 bits per heavy atom. The second-order valence-electron chi connectivity index (χ2n) is 5.83. The molecule has 1 heterocycles. The molecule has 138 valence electrons. The lowest BCUT2D eigenvalue weighted by molar-refractivity contribution is -0.121. The number of sulfonamides is 1. The highest BCUT2D eigenvalue weighted by atomic mass is 32.2. The number of nitrogens with zero attached hydrogens (tertiary/aromatic N) is 2. The first-order valence-corrected chi connectivity index (χ1v) is 9.86. The van der Waals surface area contributed by atoms with E-state index >= 15 is 0 Å². The average Bonchev–Trinajstić information content (AvgIpc) is 2.60. The van der Waals surface area contributed by atoms with Crippen molar-refractivity contribution in [3.8, 4) is 0 Å². The highest BCUT2D eigenvalue weighted by Gasteiger charge is 2.19. The van der Waals surface area contributed by atoms with Crippen LogP contribution in [0.2, 0.25) is 0 Å². The first-order chi connectivity index (χ1) is 12.3. The van der Waals surface area contributed by atoms with Crippen molar-refractivity contribution >= 4 is 27.4 Å². The van der Waals surface area contributed by atoms with Crippen LogP contribution in [-0.4, -0.2) is 37.9 Å². The van der Waals surface area contributed by atoms with E-state index in [9.17, 15) is 18.0 Å². The molecular formula is C18H21N3O4S. The van der Waals surface area contributed by atoms with Crippen LogP contribution in [0.5, 0.6) is 0 Å². The zero-order valence-electron chi connectivity index (χ0n) is 14.7. The van der Waals surface area contributed by atoms with Gasteiger partial charge in [0.1, 0.15) is 0 Å². The maximum absolute atomic E-state index is 12.1. The van der Waals surface area contributed by atoms with Gasteiger partial charge < -0.3 is 5.32 Å². The van der Waals surface area contributed by atoms with Crippen molar-refractivity contribution in [2.45, 2.75) is 19.9 Å². The van der Waals surface area contributed by atoms with E-state index in [-0.39, 0.29) is 24.7 Å². The molecule has 2 rings (SSSR count). The molecule has 0 atom stereocenters. The van der Waals surface area contributed by atoms with Crippen LogP contribution < -0.4 is 9.62 Å². The van der Waals surface area contributed by atoms with Gasteiger partial charge in [-0.25, -0.2) is 8.42 Å². The molecule has 1 aromatic carbocycles. The second-order valence-corrected chi connectivity index (χ2v) is 7.74. The standard InChI is InChI=1S/C18H21N3O4S/c1-14(22)16-6-3-7-17(11-16)21(26(2,24)25)10-8-18(23)20-13-15-5-4-9-19-12-15/h3-7,9,11-12H,8,10,13H2,1-2H3,(H,20,23). The van der Waals surface area contributed by atoms with Crippen LogP contribution in [-0.2, 0) is 21.4 Å². The third-order valence-electron chi connectivity index (χ3n) is 3.70. The van der Waals surface area contributed by atoms with E-state index in [2.05, 4.69) is 10.3 Å². The van der Waals surface area contributed by atoms with Crippen molar-refractivity contribution in [3.63, 3.8) is 0 Å². The summed E-state index contributed by atoms with van der Waals surface area (Å²) in [4.78, 5) is 27.5.